The van der Waals surface area contributed by atoms with Crippen molar-refractivity contribution in [1.29, 1.82) is 0 Å². The van der Waals surface area contributed by atoms with Crippen LogP contribution < -0.4 is 0 Å². The van der Waals surface area contributed by atoms with E-state index in [1.54, 1.807) is 0 Å². The van der Waals surface area contributed by atoms with Gasteiger partial charge in [-0.1, -0.05) is 39.5 Å². The Balaban J connectivity index is 4.32. The molecule has 0 aromatic heterocycles. The fourth-order valence-electron chi connectivity index (χ4n) is 1.84. The summed E-state index contributed by atoms with van der Waals surface area (Å²) < 4.78 is 5.42. The number of carbonyl (C=O) groups is 1. The second-order valence-corrected chi connectivity index (χ2v) is 5.64. The maximum Gasteiger partial charge on any atom is 0.242 e. The first kappa shape index (κ1) is 16.2. The lowest BCUT2D eigenvalue weighted by atomic mass is 9.94. The highest BCUT2D eigenvalue weighted by molar-refractivity contribution is 7.96. The number of unbranched alkanes of at least 4 members (excludes halogenated alkanes) is 1. The molecular weight excluding hydrogens is 236 g/mol. The number of carbonyl (C=O) groups excluding carboxylic acids is 1. The summed E-state index contributed by atoms with van der Waals surface area (Å²) >= 11 is 4.01. The molecule has 16 heavy (non-hydrogen) atoms. The molecule has 2 atom stereocenters. The van der Waals surface area contributed by atoms with Gasteiger partial charge in [-0.2, -0.15) is 0 Å². The lowest BCUT2D eigenvalue weighted by Gasteiger charge is -2.23. The normalized spacial score (nSPS) is 14.8. The van der Waals surface area contributed by atoms with Crippen LogP contribution in [-0.2, 0) is 9.22 Å². The van der Waals surface area contributed by atoms with Gasteiger partial charge in [0.05, 0.1) is 0 Å². The molecule has 0 saturated heterocycles. The van der Waals surface area contributed by atoms with Gasteiger partial charge in [-0.3, -0.25) is 4.79 Å². The Labute approximate surface area is 108 Å². The summed E-state index contributed by atoms with van der Waals surface area (Å²) in [5.41, 5.74) is 0.00906. The first-order valence-electron chi connectivity index (χ1n) is 6.27. The lowest BCUT2D eigenvalue weighted by molar-refractivity contribution is -0.111. The van der Waals surface area contributed by atoms with E-state index in [9.17, 15) is 4.79 Å². The number of rotatable bonds is 10. The summed E-state index contributed by atoms with van der Waals surface area (Å²) in [6.45, 7) is 7.00. The van der Waals surface area contributed by atoms with Crippen molar-refractivity contribution in [2.24, 2.45) is 5.92 Å². The molecule has 0 bridgehead atoms. The van der Waals surface area contributed by atoms with Crippen LogP contribution in [0.2, 0.25) is 5.54 Å². The van der Waals surface area contributed by atoms with E-state index in [1.807, 2.05) is 6.92 Å². The lowest BCUT2D eigenvalue weighted by Crippen LogP contribution is -2.23. The van der Waals surface area contributed by atoms with E-state index in [2.05, 4.69) is 26.5 Å². The molecule has 0 aromatic rings. The second kappa shape index (κ2) is 10.4. The van der Waals surface area contributed by atoms with E-state index >= 15 is 0 Å². The van der Waals surface area contributed by atoms with Gasteiger partial charge in [0.2, 0.25) is 9.76 Å². The van der Waals surface area contributed by atoms with Gasteiger partial charge in [-0.05, 0) is 19.3 Å². The SMILES string of the molecule is CCCCC(CCC)C([Si]OCC)C(=O)S. The summed E-state index contributed by atoms with van der Waals surface area (Å²) in [5.74, 6) is 0.458. The third-order valence-electron chi connectivity index (χ3n) is 2.68. The summed E-state index contributed by atoms with van der Waals surface area (Å²) in [6, 6.07) is 0. The van der Waals surface area contributed by atoms with Crippen molar-refractivity contribution in [1.82, 2.24) is 0 Å². The molecule has 94 valence electrons. The molecule has 0 spiro atoms. The highest BCUT2D eigenvalue weighted by atomic mass is 32.1. The topological polar surface area (TPSA) is 26.3 Å². The van der Waals surface area contributed by atoms with Crippen LogP contribution in [-0.4, -0.2) is 21.5 Å². The molecule has 0 heterocycles. The number of hydrogen-bond acceptors (Lipinski definition) is 2. The quantitative estimate of drug-likeness (QED) is 0.481. The summed E-state index contributed by atoms with van der Waals surface area (Å²) in [6.07, 6.45) is 5.74. The van der Waals surface area contributed by atoms with Gasteiger partial charge < -0.3 is 4.43 Å². The van der Waals surface area contributed by atoms with E-state index in [0.717, 1.165) is 19.3 Å². The van der Waals surface area contributed by atoms with Crippen molar-refractivity contribution in [3.05, 3.63) is 0 Å². The van der Waals surface area contributed by atoms with Crippen LogP contribution in [0.1, 0.15) is 52.9 Å². The van der Waals surface area contributed by atoms with Crippen LogP contribution in [0.5, 0.6) is 0 Å². The summed E-state index contributed by atoms with van der Waals surface area (Å²) in [4.78, 5) is 11.5. The Morgan fingerprint density at radius 2 is 1.94 bits per heavy atom. The van der Waals surface area contributed by atoms with Gasteiger partial charge in [0.1, 0.15) is 0 Å². The minimum Gasteiger partial charge on any atom is -0.417 e. The Hall–Kier alpha value is 0.197. The first-order chi connectivity index (χ1) is 7.67. The van der Waals surface area contributed by atoms with Gasteiger partial charge in [0.25, 0.3) is 0 Å². The van der Waals surface area contributed by atoms with E-state index in [4.69, 9.17) is 4.43 Å². The number of thiol groups is 1. The average Bonchev–Trinajstić information content (AvgIpc) is 2.25. The van der Waals surface area contributed by atoms with E-state index < -0.39 is 0 Å². The van der Waals surface area contributed by atoms with Crippen molar-refractivity contribution in [2.45, 2.75) is 58.4 Å². The molecular formula is C12H24O2SSi. The van der Waals surface area contributed by atoms with E-state index in [1.165, 1.54) is 12.8 Å². The molecule has 2 unspecified atom stereocenters. The molecule has 0 aliphatic heterocycles. The van der Waals surface area contributed by atoms with E-state index in [-0.39, 0.29) is 20.4 Å². The molecule has 0 rings (SSSR count). The van der Waals surface area contributed by atoms with Crippen molar-refractivity contribution >= 4 is 27.5 Å². The fourth-order valence-corrected chi connectivity index (χ4v) is 3.18. The minimum atomic E-state index is 0.00124. The zero-order chi connectivity index (χ0) is 12.4. The van der Waals surface area contributed by atoms with Crippen LogP contribution in [0.25, 0.3) is 0 Å². The van der Waals surface area contributed by atoms with Gasteiger partial charge in [-0.25, -0.2) is 0 Å². The monoisotopic (exact) mass is 260 g/mol. The summed E-state index contributed by atoms with van der Waals surface area (Å²) in [7, 11) is 0.279. The van der Waals surface area contributed by atoms with Gasteiger partial charge >= 0.3 is 0 Å². The molecule has 0 amide bonds. The molecule has 0 fully saturated rings. The second-order valence-electron chi connectivity index (χ2n) is 4.06. The average molecular weight is 260 g/mol. The Bertz CT molecular complexity index is 188. The first-order valence-corrected chi connectivity index (χ1v) is 7.70. The standard InChI is InChI=1S/C12H24O2SSi/c1-4-7-9-10(8-5-2)11(12(13)15)16-14-6-3/h10-11H,4-9H2,1-3H3,(H,13,15). The predicted molar refractivity (Wildman–Crippen MR) is 73.0 cm³/mol. The molecule has 4 heteroatoms. The molecule has 0 N–H and O–H groups in total. The molecule has 2 nitrogen and oxygen atoms in total. The largest absolute Gasteiger partial charge is 0.417 e. The van der Waals surface area contributed by atoms with Gasteiger partial charge in [-0.15, -0.1) is 12.6 Å². The van der Waals surface area contributed by atoms with Crippen LogP contribution in [0.3, 0.4) is 0 Å². The molecule has 0 saturated carbocycles. The molecule has 0 aliphatic carbocycles. The highest BCUT2D eigenvalue weighted by Crippen LogP contribution is 2.29. The van der Waals surface area contributed by atoms with Crippen molar-refractivity contribution in [2.75, 3.05) is 6.61 Å². The van der Waals surface area contributed by atoms with Gasteiger partial charge in [0, 0.05) is 12.1 Å². The Kier molecular flexibility index (Phi) is 10.5. The summed E-state index contributed by atoms with van der Waals surface area (Å²) in [5, 5.41) is 0.00124. The third kappa shape index (κ3) is 6.71. The minimum absolute atomic E-state index is 0.00124. The Morgan fingerprint density at radius 3 is 2.38 bits per heavy atom. The Morgan fingerprint density at radius 1 is 1.25 bits per heavy atom. The van der Waals surface area contributed by atoms with Crippen LogP contribution in [0.15, 0.2) is 0 Å². The smallest absolute Gasteiger partial charge is 0.242 e. The highest BCUT2D eigenvalue weighted by Gasteiger charge is 2.26. The zero-order valence-electron chi connectivity index (χ0n) is 10.7. The van der Waals surface area contributed by atoms with Crippen LogP contribution in [0, 0.1) is 5.92 Å². The molecule has 0 aromatic carbocycles. The molecule has 2 radical (unpaired) electrons. The van der Waals surface area contributed by atoms with Crippen molar-refractivity contribution < 1.29 is 9.22 Å². The van der Waals surface area contributed by atoms with Crippen molar-refractivity contribution in [3.8, 4) is 0 Å². The van der Waals surface area contributed by atoms with Crippen LogP contribution in [0.4, 0.5) is 0 Å². The fraction of sp³-hybridized carbons (Fsp3) is 0.917. The maximum atomic E-state index is 11.5. The maximum absolute atomic E-state index is 11.5. The van der Waals surface area contributed by atoms with Gasteiger partial charge in [0.15, 0.2) is 5.12 Å². The van der Waals surface area contributed by atoms with Crippen LogP contribution >= 0.6 is 12.6 Å². The van der Waals surface area contributed by atoms with Crippen molar-refractivity contribution in [3.63, 3.8) is 0 Å². The number of hydrogen-bond donors (Lipinski definition) is 1. The third-order valence-corrected chi connectivity index (χ3v) is 4.64. The van der Waals surface area contributed by atoms with E-state index in [0.29, 0.717) is 12.5 Å². The molecule has 0 aliphatic rings. The zero-order valence-corrected chi connectivity index (χ0v) is 12.6. The predicted octanol–water partition coefficient (Wildman–Crippen LogP) is 3.49.